The maximum atomic E-state index is 9.70. The quantitative estimate of drug-likeness (QED) is 0.184. The standard InChI is InChI=1S/C47H29N5/c48-30-31-13-11-14-32(27-31)34-15-1-3-17-36(34)37-18-4-2-16-35(37)33-28-45(51-42-23-8-5-19-38(42)39-20-6-9-24-43(39)51)50-46(29-33)52-44-25-10-7-21-40(44)41-22-12-26-49-47(41)52/h1-29H. The number of pyridine rings is 2. The topological polar surface area (TPSA) is 59.4 Å². The van der Waals surface area contributed by atoms with E-state index in [0.29, 0.717) is 5.56 Å². The first-order chi connectivity index (χ1) is 25.8. The van der Waals surface area contributed by atoms with Crippen LogP contribution in [0.2, 0.25) is 0 Å². The van der Waals surface area contributed by atoms with Gasteiger partial charge in [-0.25, -0.2) is 9.97 Å². The highest BCUT2D eigenvalue weighted by atomic mass is 15.2. The molecule has 0 saturated carbocycles. The van der Waals surface area contributed by atoms with Crippen LogP contribution in [0.3, 0.4) is 0 Å². The number of benzene rings is 6. The first-order valence-electron chi connectivity index (χ1n) is 17.3. The van der Waals surface area contributed by atoms with Gasteiger partial charge in [-0.05, 0) is 88.0 Å². The molecule has 10 aromatic rings. The first-order valence-corrected chi connectivity index (χ1v) is 17.3. The summed E-state index contributed by atoms with van der Waals surface area (Å²) >= 11 is 0. The van der Waals surface area contributed by atoms with Gasteiger partial charge in [0, 0.05) is 27.7 Å². The van der Waals surface area contributed by atoms with E-state index in [0.717, 1.165) is 78.0 Å². The fraction of sp³-hybridized carbons (Fsp3) is 0. The number of rotatable bonds is 5. The lowest BCUT2D eigenvalue weighted by Gasteiger charge is -2.17. The van der Waals surface area contributed by atoms with Crippen molar-refractivity contribution in [3.8, 4) is 51.1 Å². The van der Waals surface area contributed by atoms with Crippen LogP contribution in [0.1, 0.15) is 5.56 Å². The van der Waals surface area contributed by atoms with Gasteiger partial charge in [-0.1, -0.05) is 115 Å². The average molecular weight is 664 g/mol. The number of hydrogen-bond acceptors (Lipinski definition) is 3. The molecule has 0 aliphatic rings. The van der Waals surface area contributed by atoms with Gasteiger partial charge in [0.25, 0.3) is 0 Å². The molecular weight excluding hydrogens is 635 g/mol. The summed E-state index contributed by atoms with van der Waals surface area (Å²) in [6.07, 6.45) is 1.85. The second-order valence-corrected chi connectivity index (χ2v) is 13.0. The van der Waals surface area contributed by atoms with Crippen LogP contribution in [0.5, 0.6) is 0 Å². The fourth-order valence-corrected chi connectivity index (χ4v) is 7.78. The average Bonchev–Trinajstić information content (AvgIpc) is 3.74. The van der Waals surface area contributed by atoms with E-state index in [1.54, 1.807) is 0 Å². The molecule has 6 aromatic carbocycles. The number of nitrogens with zero attached hydrogens (tertiary/aromatic N) is 5. The van der Waals surface area contributed by atoms with Crippen molar-refractivity contribution >= 4 is 43.7 Å². The van der Waals surface area contributed by atoms with Gasteiger partial charge < -0.3 is 0 Å². The lowest BCUT2D eigenvalue weighted by Crippen LogP contribution is -2.05. The third-order valence-electron chi connectivity index (χ3n) is 10.0. The minimum Gasteiger partial charge on any atom is -0.294 e. The monoisotopic (exact) mass is 663 g/mol. The van der Waals surface area contributed by atoms with Crippen LogP contribution in [-0.4, -0.2) is 19.1 Å². The molecule has 0 aliphatic carbocycles. The number of nitriles is 1. The Kier molecular flexibility index (Phi) is 6.80. The van der Waals surface area contributed by atoms with Crippen LogP contribution >= 0.6 is 0 Å². The molecule has 0 aliphatic heterocycles. The summed E-state index contributed by atoms with van der Waals surface area (Å²) in [5, 5.41) is 14.3. The van der Waals surface area contributed by atoms with E-state index in [-0.39, 0.29) is 0 Å². The molecule has 4 heterocycles. The molecule has 0 fully saturated rings. The lowest BCUT2D eigenvalue weighted by molar-refractivity contribution is 1.00. The third kappa shape index (κ3) is 4.63. The van der Waals surface area contributed by atoms with E-state index < -0.39 is 0 Å². The molecule has 52 heavy (non-hydrogen) atoms. The number of para-hydroxylation sites is 3. The van der Waals surface area contributed by atoms with Crippen LogP contribution in [-0.2, 0) is 0 Å². The van der Waals surface area contributed by atoms with Crippen molar-refractivity contribution < 1.29 is 0 Å². The molecule has 5 nitrogen and oxygen atoms in total. The summed E-state index contributed by atoms with van der Waals surface area (Å²) in [5.74, 6) is 1.60. The minimum atomic E-state index is 0.634. The Bertz CT molecular complexity index is 2810. The van der Waals surface area contributed by atoms with E-state index in [4.69, 9.17) is 9.97 Å². The normalized spacial score (nSPS) is 11.4. The van der Waals surface area contributed by atoms with Crippen molar-refractivity contribution in [2.24, 2.45) is 0 Å². The van der Waals surface area contributed by atoms with Crippen LogP contribution in [0.25, 0.3) is 88.8 Å². The fourth-order valence-electron chi connectivity index (χ4n) is 7.78. The summed E-state index contributed by atoms with van der Waals surface area (Å²) in [6.45, 7) is 0. The largest absolute Gasteiger partial charge is 0.294 e. The molecule has 0 saturated heterocycles. The highest BCUT2D eigenvalue weighted by Gasteiger charge is 2.20. The summed E-state index contributed by atoms with van der Waals surface area (Å²) in [4.78, 5) is 10.4. The van der Waals surface area contributed by atoms with E-state index in [9.17, 15) is 5.26 Å². The summed E-state index contributed by atoms with van der Waals surface area (Å²) in [5.41, 5.74) is 11.1. The zero-order valence-electron chi connectivity index (χ0n) is 28.0. The second kappa shape index (κ2) is 11.9. The van der Waals surface area contributed by atoms with Gasteiger partial charge in [-0.15, -0.1) is 0 Å². The van der Waals surface area contributed by atoms with Gasteiger partial charge in [0.15, 0.2) is 0 Å². The van der Waals surface area contributed by atoms with Crippen molar-refractivity contribution in [2.75, 3.05) is 0 Å². The number of hydrogen-bond donors (Lipinski definition) is 0. The van der Waals surface area contributed by atoms with Gasteiger partial charge in [-0.3, -0.25) is 9.13 Å². The lowest BCUT2D eigenvalue weighted by atomic mass is 9.89. The Labute approximate surface area is 299 Å². The molecule has 0 radical (unpaired) electrons. The van der Waals surface area contributed by atoms with Gasteiger partial charge in [0.05, 0.1) is 28.2 Å². The van der Waals surface area contributed by atoms with E-state index >= 15 is 0 Å². The number of aromatic nitrogens is 4. The second-order valence-electron chi connectivity index (χ2n) is 13.0. The zero-order valence-corrected chi connectivity index (χ0v) is 28.0. The molecule has 10 rings (SSSR count). The molecule has 242 valence electrons. The molecule has 5 heteroatoms. The Morgan fingerprint density at radius 1 is 0.423 bits per heavy atom. The molecule has 0 amide bonds. The Morgan fingerprint density at radius 2 is 0.923 bits per heavy atom. The van der Waals surface area contributed by atoms with Crippen molar-refractivity contribution in [3.05, 3.63) is 182 Å². The molecular formula is C47H29N5. The van der Waals surface area contributed by atoms with Crippen LogP contribution in [0.15, 0.2) is 176 Å². The van der Waals surface area contributed by atoms with Crippen molar-refractivity contribution in [1.82, 2.24) is 19.1 Å². The summed E-state index contributed by atoms with van der Waals surface area (Å²) < 4.78 is 4.47. The molecule has 0 atom stereocenters. The van der Waals surface area contributed by atoms with Crippen LogP contribution in [0.4, 0.5) is 0 Å². The molecule has 0 bridgehead atoms. The van der Waals surface area contributed by atoms with Gasteiger partial charge in [0.1, 0.15) is 17.3 Å². The van der Waals surface area contributed by atoms with Crippen LogP contribution < -0.4 is 0 Å². The highest BCUT2D eigenvalue weighted by Crippen LogP contribution is 2.41. The molecule has 0 unspecified atom stereocenters. The Morgan fingerprint density at radius 3 is 1.56 bits per heavy atom. The first kappa shape index (κ1) is 29.6. The van der Waals surface area contributed by atoms with E-state index in [1.165, 1.54) is 10.8 Å². The summed E-state index contributed by atoms with van der Waals surface area (Å²) in [7, 11) is 0. The highest BCUT2D eigenvalue weighted by molar-refractivity contribution is 6.10. The summed E-state index contributed by atoms with van der Waals surface area (Å²) in [6, 6.07) is 61.2. The van der Waals surface area contributed by atoms with Gasteiger partial charge in [0.2, 0.25) is 0 Å². The van der Waals surface area contributed by atoms with Gasteiger partial charge in [-0.2, -0.15) is 5.26 Å². The maximum Gasteiger partial charge on any atom is 0.146 e. The van der Waals surface area contributed by atoms with Crippen molar-refractivity contribution in [2.45, 2.75) is 0 Å². The number of fused-ring (bicyclic) bond motifs is 6. The third-order valence-corrected chi connectivity index (χ3v) is 10.0. The Hall–Kier alpha value is -7.29. The molecule has 4 aromatic heterocycles. The minimum absolute atomic E-state index is 0.634. The van der Waals surface area contributed by atoms with Crippen molar-refractivity contribution in [1.29, 1.82) is 5.26 Å². The SMILES string of the molecule is N#Cc1cccc(-c2ccccc2-c2ccccc2-c2cc(-n3c4ccccc4c4ccccc43)nc(-n3c4ccccc4c4cccnc43)c2)c1. The predicted molar refractivity (Wildman–Crippen MR) is 212 cm³/mol. The van der Waals surface area contributed by atoms with E-state index in [1.807, 2.05) is 30.5 Å². The maximum absolute atomic E-state index is 9.70. The predicted octanol–water partition coefficient (Wildman–Crippen LogP) is 11.5. The van der Waals surface area contributed by atoms with Crippen molar-refractivity contribution in [3.63, 3.8) is 0 Å². The van der Waals surface area contributed by atoms with E-state index in [2.05, 4.69) is 161 Å². The molecule has 0 spiro atoms. The smallest absolute Gasteiger partial charge is 0.146 e. The van der Waals surface area contributed by atoms with Gasteiger partial charge >= 0.3 is 0 Å². The van der Waals surface area contributed by atoms with Crippen LogP contribution in [0, 0.1) is 11.3 Å². The zero-order chi connectivity index (χ0) is 34.6. The molecule has 0 N–H and O–H groups in total. The Balaban J connectivity index is 1.29.